The normalized spacial score (nSPS) is 19.4. The van der Waals surface area contributed by atoms with E-state index in [0.717, 1.165) is 22.5 Å². The van der Waals surface area contributed by atoms with E-state index in [0.29, 0.717) is 17.9 Å². The second-order valence-electron chi connectivity index (χ2n) is 6.94. The zero-order chi connectivity index (χ0) is 19.7. The van der Waals surface area contributed by atoms with Gasteiger partial charge in [0, 0.05) is 6.54 Å². The predicted octanol–water partition coefficient (Wildman–Crippen LogP) is 4.02. The molecule has 1 aromatic carbocycles. The number of hydrogen-bond donors (Lipinski definition) is 0. The molecule has 2 aliphatic heterocycles. The summed E-state index contributed by atoms with van der Waals surface area (Å²) >= 11 is 0. The Kier molecular flexibility index (Phi) is 5.26. The highest BCUT2D eigenvalue weighted by molar-refractivity contribution is 5.95. The Bertz CT molecular complexity index is 837. The number of likely N-dealkylation sites (N-methyl/N-ethyl adjacent to an activating group) is 1. The number of esters is 1. The van der Waals surface area contributed by atoms with E-state index in [-0.39, 0.29) is 18.7 Å². The van der Waals surface area contributed by atoms with Gasteiger partial charge in [-0.2, -0.15) is 0 Å². The van der Waals surface area contributed by atoms with Crippen molar-refractivity contribution < 1.29 is 23.8 Å². The number of carbonyl (C=O) groups excluding carboxylic acids is 2. The summed E-state index contributed by atoms with van der Waals surface area (Å²) in [6.07, 6.45) is -1.07. The Morgan fingerprint density at radius 2 is 2.00 bits per heavy atom. The van der Waals surface area contributed by atoms with Crippen molar-refractivity contribution in [3.05, 3.63) is 58.1 Å². The van der Waals surface area contributed by atoms with Gasteiger partial charge >= 0.3 is 12.1 Å². The maximum absolute atomic E-state index is 12.6. The molecule has 1 atom stereocenters. The quantitative estimate of drug-likeness (QED) is 0.745. The van der Waals surface area contributed by atoms with Crippen LogP contribution in [0, 0.1) is 6.92 Å². The van der Waals surface area contributed by atoms with Crippen LogP contribution in [-0.4, -0.2) is 36.3 Å². The number of rotatable bonds is 4. The van der Waals surface area contributed by atoms with Crippen LogP contribution >= 0.6 is 0 Å². The molecular formula is C21H25NO5. The Labute approximate surface area is 159 Å². The van der Waals surface area contributed by atoms with Gasteiger partial charge in [0.05, 0.1) is 29.0 Å². The van der Waals surface area contributed by atoms with Crippen LogP contribution in [0.1, 0.15) is 44.7 Å². The van der Waals surface area contributed by atoms with Gasteiger partial charge in [0.25, 0.3) is 0 Å². The van der Waals surface area contributed by atoms with Crippen LogP contribution in [0.3, 0.4) is 0 Å². The summed E-state index contributed by atoms with van der Waals surface area (Å²) in [5.74, 6) is -0.462. The van der Waals surface area contributed by atoms with Crippen LogP contribution in [0.25, 0.3) is 0 Å². The number of cyclic esters (lactones) is 1. The highest BCUT2D eigenvalue weighted by atomic mass is 16.7. The average molecular weight is 371 g/mol. The SMILES string of the molecule is CCN1C(C)=C(OC(=O)OC(C)C)C(c2ccccc2C)C2=C1COC2=O. The van der Waals surface area contributed by atoms with Gasteiger partial charge in [0.1, 0.15) is 12.4 Å². The minimum Gasteiger partial charge on any atom is -0.456 e. The monoisotopic (exact) mass is 371 g/mol. The fourth-order valence-electron chi connectivity index (χ4n) is 3.66. The minimum absolute atomic E-state index is 0.228. The summed E-state index contributed by atoms with van der Waals surface area (Å²) in [7, 11) is 0. The lowest BCUT2D eigenvalue weighted by Gasteiger charge is -2.35. The Balaban J connectivity index is 2.14. The molecule has 2 aliphatic rings. The van der Waals surface area contributed by atoms with Gasteiger partial charge in [-0.1, -0.05) is 24.3 Å². The topological polar surface area (TPSA) is 65.1 Å². The molecule has 0 saturated heterocycles. The molecule has 2 heterocycles. The summed E-state index contributed by atoms with van der Waals surface area (Å²) in [5, 5.41) is 0. The molecule has 0 fully saturated rings. The lowest BCUT2D eigenvalue weighted by molar-refractivity contribution is -0.136. The lowest BCUT2D eigenvalue weighted by Crippen LogP contribution is -2.32. The molecule has 0 spiro atoms. The van der Waals surface area contributed by atoms with E-state index in [4.69, 9.17) is 14.2 Å². The van der Waals surface area contributed by atoms with Crippen molar-refractivity contribution in [2.24, 2.45) is 0 Å². The first-order valence-corrected chi connectivity index (χ1v) is 9.17. The minimum atomic E-state index is -0.774. The Morgan fingerprint density at radius 3 is 2.63 bits per heavy atom. The van der Waals surface area contributed by atoms with Gasteiger partial charge in [-0.3, -0.25) is 0 Å². The van der Waals surface area contributed by atoms with Crippen LogP contribution in [-0.2, 0) is 19.0 Å². The number of ether oxygens (including phenoxy) is 3. The lowest BCUT2D eigenvalue weighted by atomic mass is 9.83. The van der Waals surface area contributed by atoms with Crippen molar-refractivity contribution in [3.63, 3.8) is 0 Å². The van der Waals surface area contributed by atoms with Crippen LogP contribution < -0.4 is 0 Å². The highest BCUT2D eigenvalue weighted by Crippen LogP contribution is 2.45. The maximum atomic E-state index is 12.6. The second-order valence-corrected chi connectivity index (χ2v) is 6.94. The van der Waals surface area contributed by atoms with E-state index in [1.807, 2.05) is 49.9 Å². The summed E-state index contributed by atoms with van der Waals surface area (Å²) in [4.78, 5) is 26.8. The van der Waals surface area contributed by atoms with Gasteiger partial charge < -0.3 is 19.1 Å². The van der Waals surface area contributed by atoms with E-state index < -0.39 is 12.1 Å². The summed E-state index contributed by atoms with van der Waals surface area (Å²) in [6.45, 7) is 10.2. The van der Waals surface area contributed by atoms with E-state index in [1.165, 1.54) is 0 Å². The van der Waals surface area contributed by atoms with Crippen molar-refractivity contribution in [3.8, 4) is 0 Å². The zero-order valence-corrected chi connectivity index (χ0v) is 16.4. The van der Waals surface area contributed by atoms with Gasteiger partial charge in [-0.25, -0.2) is 9.59 Å². The molecule has 0 radical (unpaired) electrons. The van der Waals surface area contributed by atoms with Gasteiger partial charge in [-0.05, 0) is 45.7 Å². The van der Waals surface area contributed by atoms with Crippen LogP contribution in [0.2, 0.25) is 0 Å². The fraction of sp³-hybridized carbons (Fsp3) is 0.429. The van der Waals surface area contributed by atoms with Gasteiger partial charge in [0.15, 0.2) is 0 Å². The molecule has 1 unspecified atom stereocenters. The first kappa shape index (κ1) is 19.0. The maximum Gasteiger partial charge on any atom is 0.513 e. The Morgan fingerprint density at radius 1 is 1.30 bits per heavy atom. The number of nitrogens with zero attached hydrogens (tertiary/aromatic N) is 1. The number of benzene rings is 1. The van der Waals surface area contributed by atoms with Crippen LogP contribution in [0.15, 0.2) is 47.0 Å². The number of hydrogen-bond acceptors (Lipinski definition) is 6. The standard InChI is InChI=1S/C21H25NO5/c1-6-22-14(5)19(27-21(24)26-12(2)3)17(15-10-8-7-9-13(15)4)18-16(22)11-25-20(18)23/h7-10,12,17H,6,11H2,1-5H3. The van der Waals surface area contributed by atoms with Crippen molar-refractivity contribution in [2.45, 2.75) is 46.6 Å². The van der Waals surface area contributed by atoms with Crippen molar-refractivity contribution >= 4 is 12.1 Å². The molecule has 0 aromatic heterocycles. The number of aryl methyl sites for hydroxylation is 1. The van der Waals surface area contributed by atoms with Gasteiger partial charge in [-0.15, -0.1) is 0 Å². The third-order valence-electron chi connectivity index (χ3n) is 4.85. The smallest absolute Gasteiger partial charge is 0.456 e. The predicted molar refractivity (Wildman–Crippen MR) is 99.7 cm³/mol. The molecule has 6 heteroatoms. The van der Waals surface area contributed by atoms with Gasteiger partial charge in [0.2, 0.25) is 0 Å². The number of carbonyl (C=O) groups is 2. The average Bonchev–Trinajstić information content (AvgIpc) is 2.97. The summed E-state index contributed by atoms with van der Waals surface area (Å²) < 4.78 is 16.2. The first-order chi connectivity index (χ1) is 12.8. The molecule has 0 aliphatic carbocycles. The Hall–Kier alpha value is -2.76. The van der Waals surface area contributed by atoms with Crippen LogP contribution in [0.5, 0.6) is 0 Å². The van der Waals surface area contributed by atoms with E-state index in [1.54, 1.807) is 13.8 Å². The summed E-state index contributed by atoms with van der Waals surface area (Å²) in [6, 6.07) is 7.77. The second kappa shape index (κ2) is 7.47. The highest BCUT2D eigenvalue weighted by Gasteiger charge is 2.44. The molecule has 144 valence electrons. The van der Waals surface area contributed by atoms with Crippen molar-refractivity contribution in [1.29, 1.82) is 0 Å². The molecule has 6 nitrogen and oxygen atoms in total. The zero-order valence-electron chi connectivity index (χ0n) is 16.4. The van der Waals surface area contributed by atoms with Crippen LogP contribution in [0.4, 0.5) is 4.79 Å². The molecule has 0 N–H and O–H groups in total. The number of allylic oxidation sites excluding steroid dienone is 2. The fourth-order valence-corrected chi connectivity index (χ4v) is 3.66. The third-order valence-corrected chi connectivity index (χ3v) is 4.85. The molecule has 3 rings (SSSR count). The summed E-state index contributed by atoms with van der Waals surface area (Å²) in [5.41, 5.74) is 4.06. The first-order valence-electron chi connectivity index (χ1n) is 9.17. The molecule has 0 bridgehead atoms. The molecule has 27 heavy (non-hydrogen) atoms. The van der Waals surface area contributed by atoms with E-state index >= 15 is 0 Å². The van der Waals surface area contributed by atoms with E-state index in [9.17, 15) is 9.59 Å². The largest absolute Gasteiger partial charge is 0.513 e. The molecule has 0 saturated carbocycles. The van der Waals surface area contributed by atoms with Crippen molar-refractivity contribution in [2.75, 3.05) is 13.2 Å². The third kappa shape index (κ3) is 3.44. The van der Waals surface area contributed by atoms with Crippen molar-refractivity contribution in [1.82, 2.24) is 4.90 Å². The van der Waals surface area contributed by atoms with E-state index in [2.05, 4.69) is 0 Å². The molecule has 0 amide bonds. The molecular weight excluding hydrogens is 346 g/mol. The molecule has 1 aromatic rings.